The molecule has 1 atom stereocenters. The minimum Gasteiger partial charge on any atom is -0.465 e. The molecule has 0 radical (unpaired) electrons. The summed E-state index contributed by atoms with van der Waals surface area (Å²) in [5.74, 6) is -1.37. The summed E-state index contributed by atoms with van der Waals surface area (Å²) in [6.45, 7) is 0.712. The van der Waals surface area contributed by atoms with Gasteiger partial charge in [-0.3, -0.25) is 0 Å². The smallest absolute Gasteiger partial charge is 0.410 e. The largest absolute Gasteiger partial charge is 0.465 e. The molecule has 5 nitrogen and oxygen atoms in total. The third-order valence-electron chi connectivity index (χ3n) is 5.69. The molecular weight excluding hydrogens is 385 g/mol. The molecule has 6 heteroatoms. The number of methoxy groups -OCH3 is 1. The molecule has 2 aromatic carbocycles. The molecule has 2 aromatic rings. The van der Waals surface area contributed by atoms with Crippen LogP contribution in [0.25, 0.3) is 0 Å². The Bertz CT molecular complexity index is 980. The number of likely N-dealkylation sites (tertiary alicyclic amines) is 1. The Morgan fingerprint density at radius 2 is 1.83 bits per heavy atom. The van der Waals surface area contributed by atoms with Crippen LogP contribution in [0.2, 0.25) is 0 Å². The van der Waals surface area contributed by atoms with Crippen LogP contribution >= 0.6 is 0 Å². The Hall–Kier alpha value is -3.15. The standard InChI is InChI=1S/C24H24FNO4/c1-29-23(27)20-10-9-19(13-21(20)25)22-14-18(17-7-8-17)11-12-26(22)24(28)30-15-16-5-3-2-4-6-16/h2-6,9-10,13,22H,7-8,11-12,14-15H2,1H3/t22-/m0/s1. The summed E-state index contributed by atoms with van der Waals surface area (Å²) >= 11 is 0. The van der Waals surface area contributed by atoms with E-state index in [1.165, 1.54) is 30.4 Å². The van der Waals surface area contributed by atoms with Gasteiger partial charge < -0.3 is 14.4 Å². The first-order valence-corrected chi connectivity index (χ1v) is 10.1. The maximum atomic E-state index is 14.6. The number of esters is 1. The zero-order chi connectivity index (χ0) is 21.1. The Morgan fingerprint density at radius 1 is 1.07 bits per heavy atom. The van der Waals surface area contributed by atoms with E-state index in [9.17, 15) is 14.0 Å². The molecule has 0 aromatic heterocycles. The van der Waals surface area contributed by atoms with Crippen molar-refractivity contribution in [3.63, 3.8) is 0 Å². The summed E-state index contributed by atoms with van der Waals surface area (Å²) in [5.41, 5.74) is 4.24. The summed E-state index contributed by atoms with van der Waals surface area (Å²) in [5, 5.41) is 0. The van der Waals surface area contributed by atoms with Gasteiger partial charge in [0.1, 0.15) is 12.4 Å². The molecule has 1 aliphatic heterocycles. The molecule has 0 unspecified atom stereocenters. The molecule has 1 amide bonds. The van der Waals surface area contributed by atoms with Crippen molar-refractivity contribution in [2.24, 2.45) is 0 Å². The number of benzene rings is 2. The monoisotopic (exact) mass is 409 g/mol. The number of halogens is 1. The van der Waals surface area contributed by atoms with E-state index in [1.807, 2.05) is 30.3 Å². The summed E-state index contributed by atoms with van der Waals surface area (Å²) in [7, 11) is 1.22. The van der Waals surface area contributed by atoms with E-state index in [0.29, 0.717) is 18.5 Å². The maximum Gasteiger partial charge on any atom is 0.410 e. The molecule has 0 N–H and O–H groups in total. The van der Waals surface area contributed by atoms with Crippen LogP contribution in [0.1, 0.15) is 53.2 Å². The van der Waals surface area contributed by atoms with Gasteiger partial charge in [-0.2, -0.15) is 0 Å². The Labute approximate surface area is 175 Å². The molecule has 156 valence electrons. The first-order valence-electron chi connectivity index (χ1n) is 10.1. The predicted molar refractivity (Wildman–Crippen MR) is 109 cm³/mol. The zero-order valence-electron chi connectivity index (χ0n) is 16.9. The maximum absolute atomic E-state index is 14.6. The Balaban J connectivity index is 1.56. The van der Waals surface area contributed by atoms with Gasteiger partial charge in [0.25, 0.3) is 0 Å². The molecule has 0 spiro atoms. The van der Waals surface area contributed by atoms with E-state index in [0.717, 1.165) is 24.8 Å². The van der Waals surface area contributed by atoms with Gasteiger partial charge in [-0.1, -0.05) is 47.5 Å². The quantitative estimate of drug-likeness (QED) is 0.516. The van der Waals surface area contributed by atoms with Gasteiger partial charge in [-0.15, -0.1) is 0 Å². The van der Waals surface area contributed by atoms with Crippen LogP contribution in [0.5, 0.6) is 0 Å². The van der Waals surface area contributed by atoms with E-state index in [4.69, 9.17) is 4.74 Å². The highest BCUT2D eigenvalue weighted by Crippen LogP contribution is 2.42. The van der Waals surface area contributed by atoms with Crippen LogP contribution in [0, 0.1) is 5.82 Å². The second kappa shape index (κ2) is 8.69. The van der Waals surface area contributed by atoms with Gasteiger partial charge >= 0.3 is 12.1 Å². The lowest BCUT2D eigenvalue weighted by molar-refractivity contribution is 0.0594. The lowest BCUT2D eigenvalue weighted by Gasteiger charge is -2.36. The van der Waals surface area contributed by atoms with Gasteiger partial charge in [0.15, 0.2) is 0 Å². The third kappa shape index (κ3) is 4.37. The van der Waals surface area contributed by atoms with Crippen LogP contribution in [-0.2, 0) is 16.1 Å². The average Bonchev–Trinajstić information content (AvgIpc) is 3.63. The normalized spacial score (nSPS) is 18.2. The average molecular weight is 409 g/mol. The van der Waals surface area contributed by atoms with E-state index >= 15 is 0 Å². The van der Waals surface area contributed by atoms with Gasteiger partial charge in [-0.05, 0) is 48.9 Å². The molecule has 1 heterocycles. The minimum absolute atomic E-state index is 0.115. The summed E-state index contributed by atoms with van der Waals surface area (Å²) in [4.78, 5) is 26.3. The summed E-state index contributed by atoms with van der Waals surface area (Å²) < 4.78 is 24.7. The number of rotatable bonds is 4. The number of amides is 1. The zero-order valence-corrected chi connectivity index (χ0v) is 16.9. The van der Waals surface area contributed by atoms with Crippen molar-refractivity contribution < 1.29 is 23.5 Å². The molecule has 2 fully saturated rings. The van der Waals surface area contributed by atoms with Crippen molar-refractivity contribution in [1.29, 1.82) is 0 Å². The first kappa shape index (κ1) is 20.1. The Morgan fingerprint density at radius 3 is 2.50 bits per heavy atom. The lowest BCUT2D eigenvalue weighted by Crippen LogP contribution is -2.39. The topological polar surface area (TPSA) is 55.8 Å². The van der Waals surface area contributed by atoms with E-state index in [-0.39, 0.29) is 18.2 Å². The van der Waals surface area contributed by atoms with Crippen molar-refractivity contribution in [2.45, 2.75) is 38.3 Å². The lowest BCUT2D eigenvalue weighted by atomic mass is 9.90. The molecule has 1 saturated carbocycles. The van der Waals surface area contributed by atoms with Crippen LogP contribution in [-0.4, -0.2) is 30.6 Å². The summed E-state index contributed by atoms with van der Waals surface area (Å²) in [6, 6.07) is 13.6. The number of hydrogen-bond donors (Lipinski definition) is 0. The van der Waals surface area contributed by atoms with Gasteiger partial charge in [0.2, 0.25) is 0 Å². The number of hydrogen-bond acceptors (Lipinski definition) is 4. The SMILES string of the molecule is COC(=O)c1ccc([C@@H]2CC(=C3CC3)CCN2C(=O)OCc2ccccc2)cc1F. The Kier molecular flexibility index (Phi) is 5.84. The number of carbonyl (C=O) groups excluding carboxylic acids is 2. The molecule has 4 rings (SSSR count). The van der Waals surface area contributed by atoms with Crippen LogP contribution in [0.4, 0.5) is 9.18 Å². The highest BCUT2D eigenvalue weighted by atomic mass is 19.1. The molecule has 0 bridgehead atoms. The number of nitrogens with zero attached hydrogens (tertiary/aromatic N) is 1. The third-order valence-corrected chi connectivity index (χ3v) is 5.69. The van der Waals surface area contributed by atoms with Gasteiger partial charge in [0, 0.05) is 6.54 Å². The van der Waals surface area contributed by atoms with Gasteiger partial charge in [-0.25, -0.2) is 14.0 Å². The van der Waals surface area contributed by atoms with Crippen molar-refractivity contribution >= 4 is 12.1 Å². The second-order valence-corrected chi connectivity index (χ2v) is 7.64. The molecule has 1 saturated heterocycles. The highest BCUT2D eigenvalue weighted by Gasteiger charge is 2.34. The number of allylic oxidation sites excluding steroid dienone is 1. The van der Waals surface area contributed by atoms with Crippen molar-refractivity contribution in [1.82, 2.24) is 4.90 Å². The van der Waals surface area contributed by atoms with E-state index in [2.05, 4.69) is 4.74 Å². The van der Waals surface area contributed by atoms with Crippen LogP contribution < -0.4 is 0 Å². The molecule has 1 aliphatic carbocycles. The van der Waals surface area contributed by atoms with Crippen LogP contribution in [0.15, 0.2) is 59.7 Å². The highest BCUT2D eigenvalue weighted by molar-refractivity contribution is 5.89. The fraction of sp³-hybridized carbons (Fsp3) is 0.333. The number of ether oxygens (including phenoxy) is 2. The van der Waals surface area contributed by atoms with Crippen LogP contribution in [0.3, 0.4) is 0 Å². The fourth-order valence-electron chi connectivity index (χ4n) is 3.93. The number of carbonyl (C=O) groups is 2. The molecule has 2 aliphatic rings. The van der Waals surface area contributed by atoms with Crippen molar-refractivity contribution in [3.05, 3.63) is 82.2 Å². The number of piperidine rings is 1. The summed E-state index contributed by atoms with van der Waals surface area (Å²) in [6.07, 6.45) is 3.27. The second-order valence-electron chi connectivity index (χ2n) is 7.64. The van der Waals surface area contributed by atoms with Crippen molar-refractivity contribution in [3.8, 4) is 0 Å². The molecule has 30 heavy (non-hydrogen) atoms. The first-order chi connectivity index (χ1) is 14.6. The van der Waals surface area contributed by atoms with E-state index < -0.39 is 17.9 Å². The fourth-order valence-corrected chi connectivity index (χ4v) is 3.93. The van der Waals surface area contributed by atoms with Gasteiger partial charge in [0.05, 0.1) is 18.7 Å². The van der Waals surface area contributed by atoms with Crippen molar-refractivity contribution in [2.75, 3.05) is 13.7 Å². The molecular formula is C24H24FNO4. The van der Waals surface area contributed by atoms with E-state index in [1.54, 1.807) is 11.0 Å². The minimum atomic E-state index is -0.720. The predicted octanol–water partition coefficient (Wildman–Crippen LogP) is 5.18.